The highest BCUT2D eigenvalue weighted by molar-refractivity contribution is 6.38. The molecule has 31 heavy (non-hydrogen) atoms. The molecule has 2 aromatic rings. The Hall–Kier alpha value is -2.28. The summed E-state index contributed by atoms with van der Waals surface area (Å²) in [6.07, 6.45) is 1.56. The van der Waals surface area contributed by atoms with Crippen LogP contribution in [0.5, 0.6) is 11.5 Å². The van der Waals surface area contributed by atoms with Gasteiger partial charge in [-0.05, 0) is 43.2 Å². The number of amides is 1. The molecular weight excluding hydrogens is 441 g/mol. The van der Waals surface area contributed by atoms with Crippen molar-refractivity contribution in [2.24, 2.45) is 0 Å². The fourth-order valence-electron chi connectivity index (χ4n) is 3.74. The Morgan fingerprint density at radius 1 is 1.16 bits per heavy atom. The number of carbonyl (C=O) groups is 2. The average molecular weight is 466 g/mol. The number of fused-ring (bicyclic) bond motifs is 1. The Balaban J connectivity index is 1.98. The van der Waals surface area contributed by atoms with E-state index in [0.717, 1.165) is 18.4 Å². The first-order valence-electron chi connectivity index (χ1n) is 10.0. The fourth-order valence-corrected chi connectivity index (χ4v) is 4.31. The lowest BCUT2D eigenvalue weighted by molar-refractivity contribution is -0.141. The number of nitrogens with zero attached hydrogens (tertiary/aromatic N) is 1. The molecule has 1 N–H and O–H groups in total. The van der Waals surface area contributed by atoms with Crippen LogP contribution in [-0.4, -0.2) is 30.5 Å². The van der Waals surface area contributed by atoms with Crippen molar-refractivity contribution in [2.75, 3.05) is 18.6 Å². The molecule has 8 heteroatoms. The molecule has 1 heterocycles. The number of rotatable bonds is 9. The number of ether oxygens (including phenoxy) is 2. The van der Waals surface area contributed by atoms with Gasteiger partial charge in [-0.2, -0.15) is 0 Å². The highest BCUT2D eigenvalue weighted by Crippen LogP contribution is 2.50. The van der Waals surface area contributed by atoms with Crippen LogP contribution in [-0.2, 0) is 21.7 Å². The van der Waals surface area contributed by atoms with Crippen molar-refractivity contribution in [3.8, 4) is 11.5 Å². The van der Waals surface area contributed by atoms with Crippen molar-refractivity contribution >= 4 is 40.6 Å². The van der Waals surface area contributed by atoms with Gasteiger partial charge in [-0.15, -0.1) is 0 Å². The number of ketones is 1. The largest absolute Gasteiger partial charge is 0.493 e. The van der Waals surface area contributed by atoms with E-state index in [1.54, 1.807) is 25.3 Å². The lowest BCUT2D eigenvalue weighted by Crippen LogP contribution is -2.41. The molecule has 1 atom stereocenters. The van der Waals surface area contributed by atoms with Gasteiger partial charge >= 0.3 is 0 Å². The molecule has 0 aliphatic carbocycles. The van der Waals surface area contributed by atoms with Gasteiger partial charge in [0.2, 0.25) is 0 Å². The molecule has 1 aliphatic heterocycles. The molecule has 0 saturated carbocycles. The zero-order chi connectivity index (χ0) is 22.8. The molecule has 0 spiro atoms. The summed E-state index contributed by atoms with van der Waals surface area (Å²) in [6.45, 7) is 4.08. The van der Waals surface area contributed by atoms with Crippen molar-refractivity contribution in [1.82, 2.24) is 0 Å². The first-order chi connectivity index (χ1) is 14.7. The van der Waals surface area contributed by atoms with Crippen LogP contribution in [0.4, 0.5) is 5.69 Å². The number of halogens is 2. The molecule has 6 nitrogen and oxygen atoms in total. The molecule has 0 aromatic heterocycles. The van der Waals surface area contributed by atoms with Crippen molar-refractivity contribution in [2.45, 2.75) is 45.3 Å². The first-order valence-corrected chi connectivity index (χ1v) is 10.8. The van der Waals surface area contributed by atoms with Crippen LogP contribution in [0.25, 0.3) is 0 Å². The van der Waals surface area contributed by atoms with E-state index in [2.05, 4.69) is 6.92 Å². The highest BCUT2D eigenvalue weighted by Gasteiger charge is 2.52. The molecule has 1 unspecified atom stereocenters. The van der Waals surface area contributed by atoms with Gasteiger partial charge in [-0.25, -0.2) is 0 Å². The highest BCUT2D eigenvalue weighted by atomic mass is 35.5. The second kappa shape index (κ2) is 9.47. The molecule has 0 fully saturated rings. The normalized spacial score (nSPS) is 17.6. The number of aliphatic hydroxyl groups is 1. The predicted molar refractivity (Wildman–Crippen MR) is 120 cm³/mol. The number of methoxy groups -OCH3 is 1. The van der Waals surface area contributed by atoms with E-state index in [-0.39, 0.29) is 34.4 Å². The van der Waals surface area contributed by atoms with Crippen molar-refractivity contribution in [3.05, 3.63) is 51.5 Å². The van der Waals surface area contributed by atoms with Gasteiger partial charge < -0.3 is 19.5 Å². The number of hydrogen-bond donors (Lipinski definition) is 1. The molecule has 3 rings (SSSR count). The second-order valence-corrected chi connectivity index (χ2v) is 8.38. The lowest BCUT2D eigenvalue weighted by atomic mass is 9.90. The minimum absolute atomic E-state index is 0.109. The first kappa shape index (κ1) is 23.4. The number of hydrogen-bond acceptors (Lipinski definition) is 5. The Kier molecular flexibility index (Phi) is 7.14. The third-order valence-corrected chi connectivity index (χ3v) is 5.81. The van der Waals surface area contributed by atoms with Crippen molar-refractivity contribution in [1.29, 1.82) is 0 Å². The third-order valence-electron chi connectivity index (χ3n) is 5.19. The van der Waals surface area contributed by atoms with Crippen LogP contribution in [0.15, 0.2) is 30.3 Å². The molecule has 0 bridgehead atoms. The van der Waals surface area contributed by atoms with Crippen LogP contribution in [0.1, 0.15) is 44.2 Å². The number of benzene rings is 2. The van der Waals surface area contributed by atoms with E-state index in [1.165, 1.54) is 17.9 Å². The van der Waals surface area contributed by atoms with E-state index in [9.17, 15) is 14.7 Å². The molecule has 1 aliphatic rings. The maximum Gasteiger partial charge on any atom is 0.264 e. The van der Waals surface area contributed by atoms with E-state index < -0.39 is 11.5 Å². The van der Waals surface area contributed by atoms with Gasteiger partial charge in [0.25, 0.3) is 5.91 Å². The summed E-state index contributed by atoms with van der Waals surface area (Å²) in [4.78, 5) is 26.4. The standard InChI is InChI=1S/C23H25Cl2NO5/c1-4-5-10-31-18-9-6-15(11-19(18)30-3)13-26-21-17(25)8-7-16(24)20(21)23(29,22(26)28)12-14(2)27/h6-9,11,29H,4-5,10,12-13H2,1-3H3. The fraction of sp³-hybridized carbons (Fsp3) is 0.391. The lowest BCUT2D eigenvalue weighted by Gasteiger charge is -2.23. The van der Waals surface area contributed by atoms with E-state index in [4.69, 9.17) is 32.7 Å². The number of unbranched alkanes of at least 4 members (excludes halogenated alkanes) is 1. The summed E-state index contributed by atoms with van der Waals surface area (Å²) < 4.78 is 11.2. The Morgan fingerprint density at radius 2 is 1.87 bits per heavy atom. The van der Waals surface area contributed by atoms with Gasteiger partial charge in [-0.3, -0.25) is 9.59 Å². The average Bonchev–Trinajstić information content (AvgIpc) is 2.94. The predicted octanol–water partition coefficient (Wildman–Crippen LogP) is 4.89. The zero-order valence-corrected chi connectivity index (χ0v) is 19.2. The minimum Gasteiger partial charge on any atom is -0.493 e. The smallest absolute Gasteiger partial charge is 0.264 e. The Bertz CT molecular complexity index is 1010. The van der Waals surface area contributed by atoms with Gasteiger partial charge in [-0.1, -0.05) is 42.6 Å². The molecule has 0 radical (unpaired) electrons. The summed E-state index contributed by atoms with van der Waals surface area (Å²) in [5.74, 6) is 0.170. The summed E-state index contributed by atoms with van der Waals surface area (Å²) in [6, 6.07) is 8.45. The topological polar surface area (TPSA) is 76.1 Å². The summed E-state index contributed by atoms with van der Waals surface area (Å²) in [5, 5.41) is 11.6. The Labute approximate surface area is 191 Å². The van der Waals surface area contributed by atoms with Gasteiger partial charge in [0, 0.05) is 17.0 Å². The molecule has 166 valence electrons. The SMILES string of the molecule is CCCCOc1ccc(CN2C(=O)C(O)(CC(C)=O)c3c(Cl)ccc(Cl)c32)cc1OC. The molecule has 1 amide bonds. The molecule has 0 saturated heterocycles. The zero-order valence-electron chi connectivity index (χ0n) is 17.7. The Morgan fingerprint density at radius 3 is 2.52 bits per heavy atom. The van der Waals surface area contributed by atoms with Gasteiger partial charge in [0.15, 0.2) is 17.1 Å². The van der Waals surface area contributed by atoms with Crippen LogP contribution in [0.2, 0.25) is 10.0 Å². The van der Waals surface area contributed by atoms with E-state index in [0.29, 0.717) is 23.8 Å². The number of anilines is 1. The van der Waals surface area contributed by atoms with Gasteiger partial charge in [0.05, 0.1) is 31.0 Å². The number of Topliss-reactive ketones (excluding diaryl/α,β-unsaturated/α-hetero) is 1. The maximum atomic E-state index is 13.3. The monoisotopic (exact) mass is 465 g/mol. The third kappa shape index (κ3) is 4.52. The van der Waals surface area contributed by atoms with Crippen molar-refractivity contribution < 1.29 is 24.2 Å². The van der Waals surface area contributed by atoms with E-state index >= 15 is 0 Å². The second-order valence-electron chi connectivity index (χ2n) is 7.57. The quantitative estimate of drug-likeness (QED) is 0.533. The molecular formula is C23H25Cl2NO5. The van der Waals surface area contributed by atoms with Gasteiger partial charge in [0.1, 0.15) is 5.78 Å². The van der Waals surface area contributed by atoms with Crippen LogP contribution < -0.4 is 14.4 Å². The van der Waals surface area contributed by atoms with Crippen LogP contribution >= 0.6 is 23.2 Å². The summed E-state index contributed by atoms with van der Waals surface area (Å²) in [7, 11) is 1.55. The molecule has 2 aromatic carbocycles. The summed E-state index contributed by atoms with van der Waals surface area (Å²) in [5.41, 5.74) is -0.850. The number of carbonyl (C=O) groups excluding carboxylic acids is 2. The van der Waals surface area contributed by atoms with Crippen molar-refractivity contribution in [3.63, 3.8) is 0 Å². The van der Waals surface area contributed by atoms with E-state index in [1.807, 2.05) is 6.07 Å². The van der Waals surface area contributed by atoms with Crippen LogP contribution in [0, 0.1) is 0 Å². The maximum absolute atomic E-state index is 13.3. The minimum atomic E-state index is -2.06. The summed E-state index contributed by atoms with van der Waals surface area (Å²) >= 11 is 12.7. The van der Waals surface area contributed by atoms with Crippen LogP contribution in [0.3, 0.4) is 0 Å².